The van der Waals surface area contributed by atoms with E-state index >= 15 is 0 Å². The molecule has 0 fully saturated rings. The standard InChI is InChI=1S/C21H31N3O/c1-3-5-6-7-8-9-10-13-16-24-19-15-12-11-14-18(19)23-20(24)17-22-21(25)4-2/h4,11-12,14-15H,2-3,5-10,13,16-17H2,1H3,(H,22,25). The third-order valence-electron chi connectivity index (χ3n) is 4.58. The third kappa shape index (κ3) is 6.04. The number of carbonyl (C=O) groups excluding carboxylic acids is 1. The van der Waals surface area contributed by atoms with E-state index in [9.17, 15) is 4.79 Å². The Morgan fingerprint density at radius 2 is 1.80 bits per heavy atom. The number of nitrogens with one attached hydrogen (secondary N) is 1. The molecule has 1 heterocycles. The van der Waals surface area contributed by atoms with E-state index in [0.29, 0.717) is 6.54 Å². The summed E-state index contributed by atoms with van der Waals surface area (Å²) in [6.45, 7) is 7.14. The van der Waals surface area contributed by atoms with Crippen molar-refractivity contribution in [3.63, 3.8) is 0 Å². The lowest BCUT2D eigenvalue weighted by atomic mass is 10.1. The summed E-state index contributed by atoms with van der Waals surface area (Å²) in [7, 11) is 0. The number of amides is 1. The number of hydrogen-bond donors (Lipinski definition) is 1. The Labute approximate surface area is 151 Å². The molecule has 2 aromatic rings. The fourth-order valence-electron chi connectivity index (χ4n) is 3.15. The van der Waals surface area contributed by atoms with E-state index in [-0.39, 0.29) is 5.91 Å². The van der Waals surface area contributed by atoms with Crippen molar-refractivity contribution in [2.75, 3.05) is 0 Å². The number of fused-ring (bicyclic) bond motifs is 1. The highest BCUT2D eigenvalue weighted by molar-refractivity contribution is 5.86. The Morgan fingerprint density at radius 1 is 1.12 bits per heavy atom. The van der Waals surface area contributed by atoms with Gasteiger partial charge in [-0.15, -0.1) is 0 Å². The minimum absolute atomic E-state index is 0.161. The number of imidazole rings is 1. The maximum Gasteiger partial charge on any atom is 0.243 e. The van der Waals surface area contributed by atoms with Crippen LogP contribution in [0, 0.1) is 0 Å². The number of nitrogens with zero attached hydrogens (tertiary/aromatic N) is 2. The van der Waals surface area contributed by atoms with Crippen molar-refractivity contribution < 1.29 is 4.79 Å². The van der Waals surface area contributed by atoms with Crippen molar-refractivity contribution in [2.45, 2.75) is 71.4 Å². The van der Waals surface area contributed by atoms with Crippen LogP contribution in [-0.4, -0.2) is 15.5 Å². The van der Waals surface area contributed by atoms with Gasteiger partial charge in [0.05, 0.1) is 17.6 Å². The molecule has 0 aliphatic heterocycles. The SMILES string of the molecule is C=CC(=O)NCc1nc2ccccc2n1CCCCCCCCCC. The molecule has 4 heteroatoms. The number of unbranched alkanes of at least 4 members (excludes halogenated alkanes) is 7. The molecule has 0 atom stereocenters. The molecule has 1 N–H and O–H groups in total. The van der Waals surface area contributed by atoms with E-state index < -0.39 is 0 Å². The number of carbonyl (C=O) groups is 1. The second-order valence-corrected chi connectivity index (χ2v) is 6.57. The lowest BCUT2D eigenvalue weighted by Crippen LogP contribution is -2.22. The van der Waals surface area contributed by atoms with Crippen LogP contribution in [0.15, 0.2) is 36.9 Å². The number of hydrogen-bond acceptors (Lipinski definition) is 2. The van der Waals surface area contributed by atoms with Gasteiger partial charge in [-0.25, -0.2) is 4.98 Å². The molecule has 0 saturated carbocycles. The summed E-state index contributed by atoms with van der Waals surface area (Å²) in [6.07, 6.45) is 11.7. The molecule has 25 heavy (non-hydrogen) atoms. The maximum atomic E-state index is 11.5. The van der Waals surface area contributed by atoms with Gasteiger partial charge >= 0.3 is 0 Å². The molecule has 0 unspecified atom stereocenters. The minimum Gasteiger partial charge on any atom is -0.345 e. The molecule has 0 spiro atoms. The van der Waals surface area contributed by atoms with Crippen molar-refractivity contribution in [1.29, 1.82) is 0 Å². The number of aryl methyl sites for hydroxylation is 1. The molecular formula is C21H31N3O. The zero-order chi connectivity index (χ0) is 17.9. The first-order chi connectivity index (χ1) is 12.3. The molecule has 1 aromatic carbocycles. The van der Waals surface area contributed by atoms with E-state index in [1.165, 1.54) is 51.0 Å². The number of para-hydroxylation sites is 2. The van der Waals surface area contributed by atoms with Crippen LogP contribution in [0.1, 0.15) is 64.1 Å². The summed E-state index contributed by atoms with van der Waals surface area (Å²) in [5.41, 5.74) is 2.14. The molecule has 0 bridgehead atoms. The lowest BCUT2D eigenvalue weighted by Gasteiger charge is -2.10. The van der Waals surface area contributed by atoms with E-state index in [1.807, 2.05) is 18.2 Å². The molecule has 0 aliphatic rings. The van der Waals surface area contributed by atoms with Crippen LogP contribution < -0.4 is 5.32 Å². The predicted molar refractivity (Wildman–Crippen MR) is 104 cm³/mol. The topological polar surface area (TPSA) is 46.9 Å². The zero-order valence-electron chi connectivity index (χ0n) is 15.5. The van der Waals surface area contributed by atoms with Crippen LogP contribution in [0.5, 0.6) is 0 Å². The van der Waals surface area contributed by atoms with Crippen molar-refractivity contribution in [3.05, 3.63) is 42.7 Å². The Kier molecular flexibility index (Phi) is 8.23. The molecule has 136 valence electrons. The fourth-order valence-corrected chi connectivity index (χ4v) is 3.15. The van der Waals surface area contributed by atoms with Crippen molar-refractivity contribution in [2.24, 2.45) is 0 Å². The van der Waals surface area contributed by atoms with Gasteiger partial charge in [0.2, 0.25) is 5.91 Å². The van der Waals surface area contributed by atoms with Crippen LogP contribution >= 0.6 is 0 Å². The first-order valence-electron chi connectivity index (χ1n) is 9.60. The lowest BCUT2D eigenvalue weighted by molar-refractivity contribution is -0.116. The first kappa shape index (κ1) is 19.2. The number of rotatable bonds is 12. The molecule has 0 saturated heterocycles. The summed E-state index contributed by atoms with van der Waals surface area (Å²) in [4.78, 5) is 16.1. The Bertz CT molecular complexity index is 675. The Balaban J connectivity index is 1.89. The van der Waals surface area contributed by atoms with Gasteiger partial charge in [-0.1, -0.05) is 70.6 Å². The summed E-state index contributed by atoms with van der Waals surface area (Å²) in [5, 5.41) is 2.84. The molecule has 1 aromatic heterocycles. The third-order valence-corrected chi connectivity index (χ3v) is 4.58. The smallest absolute Gasteiger partial charge is 0.243 e. The highest BCUT2D eigenvalue weighted by Crippen LogP contribution is 2.18. The fraction of sp³-hybridized carbons (Fsp3) is 0.524. The van der Waals surface area contributed by atoms with Crippen LogP contribution in [0.25, 0.3) is 11.0 Å². The summed E-state index contributed by atoms with van der Waals surface area (Å²) < 4.78 is 2.25. The van der Waals surface area contributed by atoms with Crippen LogP contribution in [0.2, 0.25) is 0 Å². The van der Waals surface area contributed by atoms with Crippen molar-refractivity contribution in [3.8, 4) is 0 Å². The molecule has 0 radical (unpaired) electrons. The van der Waals surface area contributed by atoms with Crippen molar-refractivity contribution >= 4 is 16.9 Å². The van der Waals surface area contributed by atoms with Crippen LogP contribution in [0.3, 0.4) is 0 Å². The van der Waals surface area contributed by atoms with Gasteiger partial charge in [-0.3, -0.25) is 4.79 Å². The minimum atomic E-state index is -0.161. The molecule has 0 aliphatic carbocycles. The van der Waals surface area contributed by atoms with Gasteiger partial charge in [0, 0.05) is 6.54 Å². The quantitative estimate of drug-likeness (QED) is 0.437. The summed E-state index contributed by atoms with van der Waals surface area (Å²) in [5.74, 6) is 0.755. The van der Waals surface area contributed by atoms with Gasteiger partial charge in [-0.05, 0) is 24.6 Å². The van der Waals surface area contributed by atoms with Crippen LogP contribution in [0.4, 0.5) is 0 Å². The van der Waals surface area contributed by atoms with Crippen LogP contribution in [-0.2, 0) is 17.9 Å². The van der Waals surface area contributed by atoms with E-state index in [0.717, 1.165) is 29.8 Å². The Hall–Kier alpha value is -2.10. The predicted octanol–water partition coefficient (Wildman–Crippen LogP) is 4.98. The Morgan fingerprint density at radius 3 is 2.52 bits per heavy atom. The monoisotopic (exact) mass is 341 g/mol. The average Bonchev–Trinajstić information content (AvgIpc) is 2.99. The van der Waals surface area contributed by atoms with Crippen molar-refractivity contribution in [1.82, 2.24) is 14.9 Å². The first-order valence-corrected chi connectivity index (χ1v) is 9.60. The van der Waals surface area contributed by atoms with Gasteiger partial charge in [0.25, 0.3) is 0 Å². The van der Waals surface area contributed by atoms with Gasteiger partial charge in [0.15, 0.2) is 0 Å². The number of aromatic nitrogens is 2. The molecule has 1 amide bonds. The second kappa shape index (κ2) is 10.7. The maximum absolute atomic E-state index is 11.5. The molecule has 4 nitrogen and oxygen atoms in total. The molecular weight excluding hydrogens is 310 g/mol. The molecule has 2 rings (SSSR count). The van der Waals surface area contributed by atoms with E-state index in [2.05, 4.69) is 34.4 Å². The van der Waals surface area contributed by atoms with E-state index in [4.69, 9.17) is 0 Å². The zero-order valence-corrected chi connectivity index (χ0v) is 15.5. The second-order valence-electron chi connectivity index (χ2n) is 6.57. The summed E-state index contributed by atoms with van der Waals surface area (Å²) in [6, 6.07) is 8.17. The van der Waals surface area contributed by atoms with Gasteiger partial charge in [0.1, 0.15) is 5.82 Å². The number of benzene rings is 1. The van der Waals surface area contributed by atoms with Gasteiger partial charge < -0.3 is 9.88 Å². The highest BCUT2D eigenvalue weighted by atomic mass is 16.1. The highest BCUT2D eigenvalue weighted by Gasteiger charge is 2.10. The largest absolute Gasteiger partial charge is 0.345 e. The summed E-state index contributed by atoms with van der Waals surface area (Å²) >= 11 is 0. The van der Waals surface area contributed by atoms with Gasteiger partial charge in [-0.2, -0.15) is 0 Å². The van der Waals surface area contributed by atoms with E-state index in [1.54, 1.807) is 0 Å². The normalized spacial score (nSPS) is 10.9. The average molecular weight is 341 g/mol.